The molecule has 52 valence electrons. The van der Waals surface area contributed by atoms with E-state index >= 15 is 0 Å². The number of hydrogen-bond acceptors (Lipinski definition) is 0. The van der Waals surface area contributed by atoms with E-state index in [1.54, 1.807) is 0 Å². The van der Waals surface area contributed by atoms with Gasteiger partial charge in [0, 0.05) is 0 Å². The molecule has 0 bridgehead atoms. The second-order valence-electron chi connectivity index (χ2n) is 0. The molecular weight excluding hydrogens is 813 g/mol. The van der Waals surface area contributed by atoms with Gasteiger partial charge in [-0.05, 0) is 0 Å². The first kappa shape index (κ1) is 85.3. The molecular formula is H20Ge8Th+4. The van der Waals surface area contributed by atoms with E-state index in [4.69, 9.17) is 0 Å². The van der Waals surface area contributed by atoms with Crippen LogP contribution in [-0.2, 0) is 0 Å². The van der Waals surface area contributed by atoms with Gasteiger partial charge in [-0.3, -0.25) is 0 Å². The molecule has 9 heavy (non-hydrogen) atoms. The molecule has 0 unspecified atom stereocenters. The Balaban J connectivity index is 0. The average Bonchev–Trinajstić information content (AvgIpc) is 0. The molecule has 0 spiro atoms. The Labute approximate surface area is 176 Å². The van der Waals surface area contributed by atoms with Crippen LogP contribution in [0.1, 0.15) is 0 Å². The molecule has 0 aromatic heterocycles. The first-order valence-corrected chi connectivity index (χ1v) is 0. The van der Waals surface area contributed by atoms with Gasteiger partial charge in [0.15, 0.2) is 0 Å². The van der Waals surface area contributed by atoms with Crippen LogP contribution < -0.4 is 0 Å². The molecule has 0 nitrogen and oxygen atoms in total. The Hall–Kier alpha value is 5.67. The third kappa shape index (κ3) is 57.9. The molecule has 0 aliphatic heterocycles. The smallest absolute Gasteiger partial charge is 4.00 e. The minimum absolute atomic E-state index is 0. The van der Waals surface area contributed by atoms with E-state index in [-0.39, 0.29) is 181 Å². The summed E-state index contributed by atoms with van der Waals surface area (Å²) < 4.78 is 0. The molecule has 0 fully saturated rings. The van der Waals surface area contributed by atoms with Gasteiger partial charge in [0.1, 0.15) is 0 Å². The van der Waals surface area contributed by atoms with Crippen LogP contribution in [0.2, 0.25) is 0 Å². The van der Waals surface area contributed by atoms with E-state index in [9.17, 15) is 0 Å². The van der Waals surface area contributed by atoms with Crippen molar-refractivity contribution in [2.75, 3.05) is 0 Å². The van der Waals surface area contributed by atoms with Crippen molar-refractivity contribution in [3.05, 3.63) is 0 Å². The summed E-state index contributed by atoms with van der Waals surface area (Å²) in [6, 6.07) is 0. The van der Waals surface area contributed by atoms with E-state index in [1.807, 2.05) is 0 Å². The molecule has 9 heteroatoms. The van der Waals surface area contributed by atoms with Crippen molar-refractivity contribution in [2.24, 2.45) is 0 Å². The predicted octanol–water partition coefficient (Wildman–Crippen LogP) is -8.40. The van der Waals surface area contributed by atoms with Crippen LogP contribution in [0.4, 0.5) is 0 Å². The topological polar surface area (TPSA) is 0 Å². The van der Waals surface area contributed by atoms with Gasteiger partial charge in [-0.1, -0.05) is 0 Å². The van der Waals surface area contributed by atoms with Crippen LogP contribution in [0.25, 0.3) is 0 Å². The molecule has 12 radical (unpaired) electrons. The SMILES string of the molecule is [GeH2].[GeH2].[GeH2].[GeH2].[GeH3].[GeH3].[GeH3].[GeH3].[Th+4]. The maximum absolute atomic E-state index is 0. The van der Waals surface area contributed by atoms with E-state index in [0.29, 0.717) is 0 Å². The number of hydrogen-bond donors (Lipinski definition) is 0. The normalized spacial score (nSPS) is 0. The standard InChI is InChI=1S/4GeH3.4GeH2.Th/h4*1H3;4*1H2;/q;;;;;;;;+4. The summed E-state index contributed by atoms with van der Waals surface area (Å²) >= 11 is 0. The van der Waals surface area contributed by atoms with Crippen molar-refractivity contribution in [3.63, 3.8) is 0 Å². The van der Waals surface area contributed by atoms with Gasteiger partial charge < -0.3 is 0 Å². The van der Waals surface area contributed by atoms with Crippen LogP contribution in [-0.4, -0.2) is 141 Å². The molecule has 0 aromatic carbocycles. The summed E-state index contributed by atoms with van der Waals surface area (Å²) in [5.74, 6) is 0. The summed E-state index contributed by atoms with van der Waals surface area (Å²) in [7, 11) is 0. The molecule has 0 saturated heterocycles. The van der Waals surface area contributed by atoms with Crippen molar-refractivity contribution in [2.45, 2.75) is 0 Å². The zero-order chi connectivity index (χ0) is 0. The molecule has 0 aliphatic rings. The molecule has 0 heterocycles. The fourth-order valence-electron chi connectivity index (χ4n) is 0. The second-order valence-corrected chi connectivity index (χ2v) is 0. The quantitative estimate of drug-likeness (QED) is 0.213. The summed E-state index contributed by atoms with van der Waals surface area (Å²) in [6.45, 7) is 0. The van der Waals surface area contributed by atoms with E-state index < -0.39 is 0 Å². The number of rotatable bonds is 0. The monoisotopic (exact) mass is 844 g/mol. The van der Waals surface area contributed by atoms with Crippen molar-refractivity contribution >= 4 is 141 Å². The second kappa shape index (κ2) is 68.3. The van der Waals surface area contributed by atoms with Crippen LogP contribution in [0.15, 0.2) is 0 Å². The summed E-state index contributed by atoms with van der Waals surface area (Å²) in [5.41, 5.74) is 0. The summed E-state index contributed by atoms with van der Waals surface area (Å²) in [4.78, 5) is 0. The Morgan fingerprint density at radius 1 is 0.333 bits per heavy atom. The van der Waals surface area contributed by atoms with Gasteiger partial charge in [0.25, 0.3) is 0 Å². The van der Waals surface area contributed by atoms with Gasteiger partial charge >= 0.3 is 181 Å². The zero-order valence-electron chi connectivity index (χ0n) is 7.33. The minimum atomic E-state index is 0. The van der Waals surface area contributed by atoms with Crippen LogP contribution in [0.5, 0.6) is 0 Å². The Kier molecular flexibility index (Phi) is 647. The van der Waals surface area contributed by atoms with Gasteiger partial charge in [0.05, 0.1) is 0 Å². The van der Waals surface area contributed by atoms with Crippen molar-refractivity contribution < 1.29 is 39.9 Å². The van der Waals surface area contributed by atoms with Crippen LogP contribution in [0.3, 0.4) is 0 Å². The predicted molar refractivity (Wildman–Crippen MR) is 73.9 cm³/mol. The third-order valence-electron chi connectivity index (χ3n) is 0. The molecule has 0 saturated carbocycles. The van der Waals surface area contributed by atoms with E-state index in [1.165, 1.54) is 0 Å². The zero-order valence-corrected chi connectivity index (χ0v) is 40.1. The third-order valence-corrected chi connectivity index (χ3v) is 0. The van der Waals surface area contributed by atoms with Crippen LogP contribution in [0, 0.1) is 39.9 Å². The van der Waals surface area contributed by atoms with Gasteiger partial charge in [0.2, 0.25) is 0 Å². The Morgan fingerprint density at radius 3 is 0.333 bits per heavy atom. The summed E-state index contributed by atoms with van der Waals surface area (Å²) in [5, 5.41) is 0. The van der Waals surface area contributed by atoms with Crippen molar-refractivity contribution in [3.8, 4) is 0 Å². The minimum Gasteiger partial charge on any atom is 4.00 e. The molecule has 0 aliphatic carbocycles. The first-order valence-electron chi connectivity index (χ1n) is 0. The Morgan fingerprint density at radius 2 is 0.333 bits per heavy atom. The summed E-state index contributed by atoms with van der Waals surface area (Å²) in [6.07, 6.45) is 0. The van der Waals surface area contributed by atoms with E-state index in [2.05, 4.69) is 0 Å². The Bertz CT molecular complexity index is 4.53. The molecule has 0 atom stereocenters. The van der Waals surface area contributed by atoms with Crippen molar-refractivity contribution in [1.29, 1.82) is 0 Å². The van der Waals surface area contributed by atoms with Crippen LogP contribution >= 0.6 is 0 Å². The molecule has 0 rings (SSSR count). The molecule has 0 N–H and O–H groups in total. The fraction of sp³-hybridized carbons (Fsp3) is 0. The van der Waals surface area contributed by atoms with Gasteiger partial charge in [-0.15, -0.1) is 0 Å². The maximum atomic E-state index is 0. The van der Waals surface area contributed by atoms with E-state index in [0.717, 1.165) is 0 Å². The fourth-order valence-corrected chi connectivity index (χ4v) is 0. The maximum Gasteiger partial charge on any atom is 4.00 e. The van der Waals surface area contributed by atoms with Crippen molar-refractivity contribution in [1.82, 2.24) is 0 Å². The molecule has 0 amide bonds. The largest absolute Gasteiger partial charge is 4.00 e. The molecule has 0 aromatic rings. The van der Waals surface area contributed by atoms with Gasteiger partial charge in [-0.25, -0.2) is 0 Å². The average molecular weight is 833 g/mol. The first-order chi connectivity index (χ1) is 0. The van der Waals surface area contributed by atoms with Gasteiger partial charge in [-0.2, -0.15) is 0 Å².